The fourth-order valence-electron chi connectivity index (χ4n) is 2.49. The molecule has 2 aliphatic rings. The summed E-state index contributed by atoms with van der Waals surface area (Å²) in [6, 6.07) is 0. The summed E-state index contributed by atoms with van der Waals surface area (Å²) in [7, 11) is 0. The minimum absolute atomic E-state index is 0. The summed E-state index contributed by atoms with van der Waals surface area (Å²) in [5, 5.41) is 0. The topological polar surface area (TPSA) is 60.1 Å². The van der Waals surface area contributed by atoms with Gasteiger partial charge < -0.3 is 20.1 Å². The maximum absolute atomic E-state index is 6.01. The SMILES string of the molecule is CC1CCN(C(N)=NCCCOC2CCOC2)CC1.I. The Morgan fingerprint density at radius 3 is 2.75 bits per heavy atom. The van der Waals surface area contributed by atoms with E-state index in [1.165, 1.54) is 12.8 Å². The summed E-state index contributed by atoms with van der Waals surface area (Å²) in [4.78, 5) is 6.65. The Kier molecular flexibility index (Phi) is 8.79. The number of nitrogens with zero attached hydrogens (tertiary/aromatic N) is 2. The van der Waals surface area contributed by atoms with Crippen LogP contribution in [0.1, 0.15) is 32.6 Å². The third-order valence-electron chi connectivity index (χ3n) is 3.93. The maximum Gasteiger partial charge on any atom is 0.191 e. The molecule has 0 aromatic rings. The minimum atomic E-state index is 0. The van der Waals surface area contributed by atoms with Crippen LogP contribution in [-0.2, 0) is 9.47 Å². The van der Waals surface area contributed by atoms with E-state index in [0.29, 0.717) is 12.1 Å². The van der Waals surface area contributed by atoms with Crippen LogP contribution in [0.5, 0.6) is 0 Å². The van der Waals surface area contributed by atoms with Crippen LogP contribution >= 0.6 is 24.0 Å². The molecule has 2 N–H and O–H groups in total. The van der Waals surface area contributed by atoms with Gasteiger partial charge in [-0.25, -0.2) is 0 Å². The molecule has 6 heteroatoms. The lowest BCUT2D eigenvalue weighted by Crippen LogP contribution is -2.42. The highest BCUT2D eigenvalue weighted by Gasteiger charge is 2.17. The molecule has 2 fully saturated rings. The van der Waals surface area contributed by atoms with Crippen LogP contribution in [0.2, 0.25) is 0 Å². The molecule has 0 aromatic heterocycles. The minimum Gasteiger partial charge on any atom is -0.379 e. The number of ether oxygens (including phenoxy) is 2. The summed E-state index contributed by atoms with van der Waals surface area (Å²) < 4.78 is 11.0. The molecule has 118 valence electrons. The van der Waals surface area contributed by atoms with E-state index in [9.17, 15) is 0 Å². The number of hydrogen-bond donors (Lipinski definition) is 1. The van der Waals surface area contributed by atoms with Crippen LogP contribution < -0.4 is 5.73 Å². The van der Waals surface area contributed by atoms with E-state index in [4.69, 9.17) is 15.2 Å². The predicted octanol–water partition coefficient (Wildman–Crippen LogP) is 1.85. The van der Waals surface area contributed by atoms with Gasteiger partial charge >= 0.3 is 0 Å². The van der Waals surface area contributed by atoms with Crippen molar-refractivity contribution in [2.45, 2.75) is 38.7 Å². The van der Waals surface area contributed by atoms with Gasteiger partial charge in [-0.15, -0.1) is 24.0 Å². The van der Waals surface area contributed by atoms with E-state index in [-0.39, 0.29) is 24.0 Å². The standard InChI is InChI=1S/C14H27N3O2.HI/c1-12-3-7-17(8-4-12)14(15)16-6-2-9-19-13-5-10-18-11-13;/h12-13H,2-11H2,1H3,(H2,15,16);1H. The van der Waals surface area contributed by atoms with Gasteiger partial charge in [-0.3, -0.25) is 4.99 Å². The zero-order valence-electron chi connectivity index (χ0n) is 12.4. The monoisotopic (exact) mass is 397 g/mol. The Morgan fingerprint density at radius 2 is 2.10 bits per heavy atom. The number of likely N-dealkylation sites (tertiary alicyclic amines) is 1. The molecule has 0 bridgehead atoms. The van der Waals surface area contributed by atoms with Gasteiger partial charge in [-0.1, -0.05) is 6.92 Å². The van der Waals surface area contributed by atoms with E-state index in [1.807, 2.05) is 0 Å². The molecule has 2 aliphatic heterocycles. The van der Waals surface area contributed by atoms with Crippen LogP contribution in [0.3, 0.4) is 0 Å². The van der Waals surface area contributed by atoms with Crippen molar-refractivity contribution in [3.05, 3.63) is 0 Å². The van der Waals surface area contributed by atoms with E-state index < -0.39 is 0 Å². The van der Waals surface area contributed by atoms with Crippen molar-refractivity contribution in [3.63, 3.8) is 0 Å². The molecule has 5 nitrogen and oxygen atoms in total. The average molecular weight is 397 g/mol. The van der Waals surface area contributed by atoms with E-state index >= 15 is 0 Å². The van der Waals surface area contributed by atoms with Crippen LogP contribution in [0.4, 0.5) is 0 Å². The second kappa shape index (κ2) is 9.78. The maximum atomic E-state index is 6.01. The number of guanidine groups is 1. The van der Waals surface area contributed by atoms with Gasteiger partial charge in [0, 0.05) is 32.8 Å². The predicted molar refractivity (Wildman–Crippen MR) is 91.7 cm³/mol. The fraction of sp³-hybridized carbons (Fsp3) is 0.929. The Balaban J connectivity index is 0.00000200. The number of halogens is 1. The molecule has 0 radical (unpaired) electrons. The van der Waals surface area contributed by atoms with Crippen molar-refractivity contribution < 1.29 is 9.47 Å². The Morgan fingerprint density at radius 1 is 1.35 bits per heavy atom. The summed E-state index contributed by atoms with van der Waals surface area (Å²) in [5.74, 6) is 1.53. The summed E-state index contributed by atoms with van der Waals surface area (Å²) >= 11 is 0. The highest BCUT2D eigenvalue weighted by Crippen LogP contribution is 2.15. The molecular weight excluding hydrogens is 369 g/mol. The van der Waals surface area contributed by atoms with Crippen LogP contribution in [0.25, 0.3) is 0 Å². The second-order valence-electron chi connectivity index (χ2n) is 5.62. The molecule has 0 amide bonds. The zero-order valence-corrected chi connectivity index (χ0v) is 14.8. The van der Waals surface area contributed by atoms with Gasteiger partial charge in [0.2, 0.25) is 0 Å². The van der Waals surface area contributed by atoms with Crippen LogP contribution in [0.15, 0.2) is 4.99 Å². The molecule has 1 unspecified atom stereocenters. The molecule has 0 aliphatic carbocycles. The largest absolute Gasteiger partial charge is 0.379 e. The lowest BCUT2D eigenvalue weighted by molar-refractivity contribution is 0.0424. The fourth-order valence-corrected chi connectivity index (χ4v) is 2.49. The second-order valence-corrected chi connectivity index (χ2v) is 5.62. The van der Waals surface area contributed by atoms with Gasteiger partial charge in [0.1, 0.15) is 0 Å². The van der Waals surface area contributed by atoms with Gasteiger partial charge in [-0.05, 0) is 31.6 Å². The smallest absolute Gasteiger partial charge is 0.191 e. The van der Waals surface area contributed by atoms with Crippen molar-refractivity contribution >= 4 is 29.9 Å². The van der Waals surface area contributed by atoms with Gasteiger partial charge in [0.15, 0.2) is 5.96 Å². The van der Waals surface area contributed by atoms with Gasteiger partial charge in [0.05, 0.1) is 12.7 Å². The number of aliphatic imine (C=N–C) groups is 1. The van der Waals surface area contributed by atoms with Gasteiger partial charge in [-0.2, -0.15) is 0 Å². The van der Waals surface area contributed by atoms with Crippen LogP contribution in [0, 0.1) is 5.92 Å². The molecule has 0 saturated carbocycles. The molecule has 2 saturated heterocycles. The summed E-state index contributed by atoms with van der Waals surface area (Å²) in [6.45, 7) is 7.49. The third kappa shape index (κ3) is 6.13. The first-order chi connectivity index (χ1) is 9.25. The van der Waals surface area contributed by atoms with E-state index in [0.717, 1.165) is 58.2 Å². The average Bonchev–Trinajstić information content (AvgIpc) is 2.92. The van der Waals surface area contributed by atoms with Crippen molar-refractivity contribution in [2.75, 3.05) is 39.5 Å². The molecular formula is C14H28IN3O2. The Labute approximate surface area is 139 Å². The molecule has 1 atom stereocenters. The van der Waals surface area contributed by atoms with Crippen molar-refractivity contribution in [3.8, 4) is 0 Å². The van der Waals surface area contributed by atoms with Crippen molar-refractivity contribution in [1.82, 2.24) is 4.90 Å². The van der Waals surface area contributed by atoms with E-state index in [1.54, 1.807) is 0 Å². The van der Waals surface area contributed by atoms with E-state index in [2.05, 4.69) is 16.8 Å². The van der Waals surface area contributed by atoms with Crippen LogP contribution in [-0.4, -0.2) is 56.4 Å². The molecule has 0 aromatic carbocycles. The third-order valence-corrected chi connectivity index (χ3v) is 3.93. The van der Waals surface area contributed by atoms with Crippen molar-refractivity contribution in [2.24, 2.45) is 16.6 Å². The molecule has 2 rings (SSSR count). The summed E-state index contributed by atoms with van der Waals surface area (Å²) in [5.41, 5.74) is 6.01. The Bertz CT molecular complexity index is 288. The summed E-state index contributed by atoms with van der Waals surface area (Å²) in [6.07, 6.45) is 4.70. The first-order valence-corrected chi connectivity index (χ1v) is 7.50. The lowest BCUT2D eigenvalue weighted by atomic mass is 10.00. The number of nitrogens with two attached hydrogens (primary N) is 1. The zero-order chi connectivity index (χ0) is 13.5. The first kappa shape index (κ1) is 18.0. The molecule has 20 heavy (non-hydrogen) atoms. The normalized spacial score (nSPS) is 24.8. The number of piperidine rings is 1. The highest BCUT2D eigenvalue weighted by atomic mass is 127. The molecule has 0 spiro atoms. The number of hydrogen-bond acceptors (Lipinski definition) is 3. The first-order valence-electron chi connectivity index (χ1n) is 7.50. The Hall–Kier alpha value is -0.0800. The van der Waals surface area contributed by atoms with Gasteiger partial charge in [0.25, 0.3) is 0 Å². The lowest BCUT2D eigenvalue weighted by Gasteiger charge is -2.31. The quantitative estimate of drug-likeness (QED) is 0.333. The van der Waals surface area contributed by atoms with Crippen molar-refractivity contribution in [1.29, 1.82) is 0 Å². The molecule has 2 heterocycles. The highest BCUT2D eigenvalue weighted by molar-refractivity contribution is 14.0. The number of rotatable bonds is 5.